The molecule has 0 aliphatic heterocycles. The average Bonchev–Trinajstić information content (AvgIpc) is 2.38. The molecule has 0 aromatic rings. The van der Waals surface area contributed by atoms with E-state index in [-0.39, 0.29) is 41.3 Å². The summed E-state index contributed by atoms with van der Waals surface area (Å²) in [5.74, 6) is -0.217. The van der Waals surface area contributed by atoms with Crippen LogP contribution in [-0.2, 0) is 19.1 Å². The summed E-state index contributed by atoms with van der Waals surface area (Å²) in [7, 11) is 0. The van der Waals surface area contributed by atoms with Gasteiger partial charge in [-0.15, -0.1) is 0 Å². The third-order valence-corrected chi connectivity index (χ3v) is 3.53. The molecule has 0 fully saturated rings. The Hall–Kier alpha value is -1.10. The van der Waals surface area contributed by atoms with Gasteiger partial charge >= 0.3 is 11.9 Å². The zero-order valence-corrected chi connectivity index (χ0v) is 17.9. The molecule has 0 heterocycles. The number of nitrogens with zero attached hydrogens (tertiary/aromatic N) is 1. The van der Waals surface area contributed by atoms with E-state index in [9.17, 15) is 9.59 Å². The molecule has 0 saturated heterocycles. The monoisotopic (exact) mass is 357 g/mol. The van der Waals surface area contributed by atoms with Crippen molar-refractivity contribution >= 4 is 11.9 Å². The highest BCUT2D eigenvalue weighted by Gasteiger charge is 2.42. The Morgan fingerprint density at radius 1 is 0.800 bits per heavy atom. The third-order valence-electron chi connectivity index (χ3n) is 3.53. The number of carbonyl (C=O) groups excluding carboxylic acids is 2. The standard InChI is InChI=1S/C20H39NO4/c1-14(2)12-24-17(22)11-16(18(23)25-13-15(3)4)21(19(5,6)7)20(8,9)10/h14-16H,11-13H2,1-10H3. The van der Waals surface area contributed by atoms with Crippen LogP contribution < -0.4 is 0 Å². The summed E-state index contributed by atoms with van der Waals surface area (Å²) >= 11 is 0. The molecule has 0 radical (unpaired) electrons. The van der Waals surface area contributed by atoms with Gasteiger partial charge in [0.15, 0.2) is 0 Å². The molecule has 0 N–H and O–H groups in total. The molecule has 0 rings (SSSR count). The predicted molar refractivity (Wildman–Crippen MR) is 101 cm³/mol. The Morgan fingerprint density at radius 2 is 1.20 bits per heavy atom. The average molecular weight is 358 g/mol. The van der Waals surface area contributed by atoms with Crippen LogP contribution in [0.2, 0.25) is 0 Å². The molecular formula is C20H39NO4. The van der Waals surface area contributed by atoms with Gasteiger partial charge in [0.1, 0.15) is 6.04 Å². The van der Waals surface area contributed by atoms with Gasteiger partial charge in [-0.25, -0.2) is 0 Å². The number of esters is 2. The van der Waals surface area contributed by atoms with Gasteiger partial charge in [0, 0.05) is 11.1 Å². The molecule has 5 nitrogen and oxygen atoms in total. The van der Waals surface area contributed by atoms with E-state index < -0.39 is 6.04 Å². The molecule has 0 bridgehead atoms. The van der Waals surface area contributed by atoms with E-state index in [4.69, 9.17) is 9.47 Å². The fourth-order valence-electron chi connectivity index (χ4n) is 3.04. The zero-order valence-electron chi connectivity index (χ0n) is 17.9. The van der Waals surface area contributed by atoms with Crippen molar-refractivity contribution in [3.63, 3.8) is 0 Å². The van der Waals surface area contributed by atoms with Crippen LogP contribution in [0.3, 0.4) is 0 Å². The maximum absolute atomic E-state index is 12.8. The van der Waals surface area contributed by atoms with E-state index in [0.717, 1.165) is 0 Å². The first kappa shape index (κ1) is 23.9. The highest BCUT2D eigenvalue weighted by Crippen LogP contribution is 2.30. The molecule has 25 heavy (non-hydrogen) atoms. The van der Waals surface area contributed by atoms with Crippen molar-refractivity contribution in [3.8, 4) is 0 Å². The van der Waals surface area contributed by atoms with Crippen molar-refractivity contribution in [1.29, 1.82) is 0 Å². The lowest BCUT2D eigenvalue weighted by molar-refractivity contribution is -0.164. The summed E-state index contributed by atoms with van der Waals surface area (Å²) in [6, 6.07) is -0.668. The van der Waals surface area contributed by atoms with Crippen molar-refractivity contribution in [2.24, 2.45) is 11.8 Å². The Morgan fingerprint density at radius 3 is 1.56 bits per heavy atom. The quantitative estimate of drug-likeness (QED) is 0.614. The van der Waals surface area contributed by atoms with Gasteiger partial charge in [-0.2, -0.15) is 0 Å². The smallest absolute Gasteiger partial charge is 0.324 e. The zero-order chi connectivity index (χ0) is 20.0. The molecule has 0 aromatic carbocycles. The highest BCUT2D eigenvalue weighted by molar-refractivity contribution is 5.83. The maximum atomic E-state index is 12.8. The van der Waals surface area contributed by atoms with Gasteiger partial charge in [-0.05, 0) is 53.4 Å². The van der Waals surface area contributed by atoms with E-state index in [1.807, 2.05) is 69.2 Å². The molecule has 148 valence electrons. The number of carbonyl (C=O) groups is 2. The third kappa shape index (κ3) is 9.24. The van der Waals surface area contributed by atoms with Gasteiger partial charge < -0.3 is 9.47 Å². The first-order chi connectivity index (χ1) is 11.2. The molecule has 0 spiro atoms. The predicted octanol–water partition coefficient (Wildman–Crippen LogP) is 4.04. The normalized spacial score (nSPS) is 14.1. The molecule has 1 unspecified atom stereocenters. The summed E-state index contributed by atoms with van der Waals surface area (Å²) in [5, 5.41) is 0. The summed E-state index contributed by atoms with van der Waals surface area (Å²) in [6.45, 7) is 20.9. The lowest BCUT2D eigenvalue weighted by atomic mass is 9.91. The summed E-state index contributed by atoms with van der Waals surface area (Å²) in [6.07, 6.45) is -0.00180. The maximum Gasteiger partial charge on any atom is 0.324 e. The second-order valence-corrected chi connectivity index (χ2v) is 9.53. The summed E-state index contributed by atoms with van der Waals surface area (Å²) in [5.41, 5.74) is -0.615. The second kappa shape index (κ2) is 9.56. The van der Waals surface area contributed by atoms with Crippen molar-refractivity contribution < 1.29 is 19.1 Å². The highest BCUT2D eigenvalue weighted by atomic mass is 16.5. The van der Waals surface area contributed by atoms with Crippen LogP contribution in [0.15, 0.2) is 0 Å². The van der Waals surface area contributed by atoms with Crippen molar-refractivity contribution in [2.75, 3.05) is 13.2 Å². The molecule has 0 aromatic heterocycles. The van der Waals surface area contributed by atoms with Crippen LogP contribution in [0.5, 0.6) is 0 Å². The lowest BCUT2D eigenvalue weighted by Crippen LogP contribution is -2.60. The Labute approximate surface area is 154 Å². The molecule has 1 atom stereocenters. The van der Waals surface area contributed by atoms with Gasteiger partial charge in [-0.1, -0.05) is 27.7 Å². The Kier molecular flexibility index (Phi) is 9.14. The van der Waals surface area contributed by atoms with E-state index in [1.54, 1.807) is 0 Å². The van der Waals surface area contributed by atoms with Gasteiger partial charge in [0.05, 0.1) is 19.6 Å². The molecule has 0 saturated carbocycles. The largest absolute Gasteiger partial charge is 0.465 e. The van der Waals surface area contributed by atoms with E-state index in [2.05, 4.69) is 4.90 Å². The first-order valence-electron chi connectivity index (χ1n) is 9.28. The first-order valence-corrected chi connectivity index (χ1v) is 9.28. The fourth-order valence-corrected chi connectivity index (χ4v) is 3.04. The van der Waals surface area contributed by atoms with Crippen molar-refractivity contribution in [2.45, 2.75) is 92.8 Å². The van der Waals surface area contributed by atoms with Crippen LogP contribution in [-0.4, -0.2) is 47.2 Å². The van der Waals surface area contributed by atoms with Gasteiger partial charge in [0.25, 0.3) is 0 Å². The van der Waals surface area contributed by atoms with Crippen LogP contribution in [0.25, 0.3) is 0 Å². The van der Waals surface area contributed by atoms with E-state index in [0.29, 0.717) is 13.2 Å². The van der Waals surface area contributed by atoms with Crippen molar-refractivity contribution in [1.82, 2.24) is 4.90 Å². The van der Waals surface area contributed by atoms with Gasteiger partial charge in [0.2, 0.25) is 0 Å². The molecule has 0 amide bonds. The van der Waals surface area contributed by atoms with Crippen molar-refractivity contribution in [3.05, 3.63) is 0 Å². The Balaban J connectivity index is 5.48. The van der Waals surface area contributed by atoms with E-state index in [1.165, 1.54) is 0 Å². The number of rotatable bonds is 8. The SMILES string of the molecule is CC(C)COC(=O)CC(C(=O)OCC(C)C)N(C(C)(C)C)C(C)(C)C. The van der Waals surface area contributed by atoms with Crippen LogP contribution >= 0.6 is 0 Å². The van der Waals surface area contributed by atoms with Gasteiger partial charge in [-0.3, -0.25) is 14.5 Å². The molecular weight excluding hydrogens is 318 g/mol. The number of hydrogen-bond donors (Lipinski definition) is 0. The van der Waals surface area contributed by atoms with Crippen LogP contribution in [0.1, 0.15) is 75.7 Å². The van der Waals surface area contributed by atoms with Crippen LogP contribution in [0, 0.1) is 11.8 Å². The minimum absolute atomic E-state index is 0.00180. The van der Waals surface area contributed by atoms with Crippen LogP contribution in [0.4, 0.5) is 0 Å². The number of ether oxygens (including phenoxy) is 2. The summed E-state index contributed by atoms with van der Waals surface area (Å²) in [4.78, 5) is 27.1. The molecule has 5 heteroatoms. The Bertz CT molecular complexity index is 416. The minimum Gasteiger partial charge on any atom is -0.465 e. The fraction of sp³-hybridized carbons (Fsp3) is 0.900. The lowest BCUT2D eigenvalue weighted by Gasteiger charge is -2.48. The van der Waals surface area contributed by atoms with E-state index >= 15 is 0 Å². The second-order valence-electron chi connectivity index (χ2n) is 9.53. The minimum atomic E-state index is -0.668. The number of hydrogen-bond acceptors (Lipinski definition) is 5. The summed E-state index contributed by atoms with van der Waals surface area (Å²) < 4.78 is 10.8. The molecule has 0 aliphatic rings. The topological polar surface area (TPSA) is 55.8 Å². The molecule has 0 aliphatic carbocycles.